The van der Waals surface area contributed by atoms with Crippen molar-refractivity contribution in [1.29, 1.82) is 0 Å². The van der Waals surface area contributed by atoms with Crippen LogP contribution < -0.4 is 25.4 Å². The van der Waals surface area contributed by atoms with Gasteiger partial charge in [-0.25, -0.2) is 0 Å². The smallest absolute Gasteiger partial charge is 0.224 e. The van der Waals surface area contributed by atoms with Crippen LogP contribution >= 0.6 is 24.0 Å². The molecule has 0 unspecified atom stereocenters. The Bertz CT molecular complexity index is 964. The maximum atomic E-state index is 11.5. The number of fused-ring (bicyclic) bond motifs is 2. The Labute approximate surface area is 206 Å². The number of aliphatic imine (C=N–C) groups is 1. The van der Waals surface area contributed by atoms with E-state index in [0.29, 0.717) is 26.1 Å². The van der Waals surface area contributed by atoms with Gasteiger partial charge in [-0.05, 0) is 60.7 Å². The van der Waals surface area contributed by atoms with Gasteiger partial charge in [0.05, 0.1) is 13.2 Å². The van der Waals surface area contributed by atoms with Crippen molar-refractivity contribution in [3.8, 4) is 11.5 Å². The van der Waals surface area contributed by atoms with Crippen molar-refractivity contribution in [3.05, 3.63) is 53.1 Å². The first kappa shape index (κ1) is 24.2. The third-order valence-corrected chi connectivity index (χ3v) is 5.40. The van der Waals surface area contributed by atoms with Crippen molar-refractivity contribution in [2.24, 2.45) is 4.99 Å². The number of nitrogens with one attached hydrogen (secondary N) is 3. The number of hydrogen-bond acceptors (Lipinski definition) is 4. The number of carbonyl (C=O) groups is 1. The molecule has 0 spiro atoms. The number of hydrogen-bond donors (Lipinski definition) is 3. The molecule has 2 aromatic carbocycles. The summed E-state index contributed by atoms with van der Waals surface area (Å²) >= 11 is 0. The predicted molar refractivity (Wildman–Crippen MR) is 138 cm³/mol. The first-order chi connectivity index (χ1) is 15.2. The Kier molecular flexibility index (Phi) is 9.01. The van der Waals surface area contributed by atoms with Crippen molar-refractivity contribution in [2.45, 2.75) is 32.6 Å². The zero-order chi connectivity index (χ0) is 21.5. The molecule has 1 amide bonds. The molecule has 8 heteroatoms. The number of amides is 1. The molecule has 7 nitrogen and oxygen atoms in total. The fourth-order valence-corrected chi connectivity index (χ4v) is 3.82. The Morgan fingerprint density at radius 1 is 1.12 bits per heavy atom. The van der Waals surface area contributed by atoms with E-state index < -0.39 is 0 Å². The molecule has 3 N–H and O–H groups in total. The fourth-order valence-electron chi connectivity index (χ4n) is 3.82. The van der Waals surface area contributed by atoms with Crippen LogP contribution in [0, 0.1) is 0 Å². The van der Waals surface area contributed by atoms with E-state index in [1.807, 2.05) is 18.2 Å². The molecule has 0 aromatic heterocycles. The second-order valence-electron chi connectivity index (χ2n) is 7.69. The first-order valence-electron chi connectivity index (χ1n) is 11.0. The zero-order valence-electron chi connectivity index (χ0n) is 18.4. The summed E-state index contributed by atoms with van der Waals surface area (Å²) in [6.07, 6.45) is 3.17. The molecule has 2 aliphatic rings. The second kappa shape index (κ2) is 11.9. The fraction of sp³-hybridized carbons (Fsp3) is 0.417. The minimum atomic E-state index is 0. The highest BCUT2D eigenvalue weighted by atomic mass is 127. The van der Waals surface area contributed by atoms with Gasteiger partial charge in [0.2, 0.25) is 5.91 Å². The van der Waals surface area contributed by atoms with Crippen LogP contribution in [0.3, 0.4) is 0 Å². The van der Waals surface area contributed by atoms with Gasteiger partial charge in [-0.1, -0.05) is 12.1 Å². The van der Waals surface area contributed by atoms with Crippen LogP contribution in [-0.2, 0) is 24.1 Å². The van der Waals surface area contributed by atoms with E-state index in [9.17, 15) is 4.79 Å². The van der Waals surface area contributed by atoms with Gasteiger partial charge in [0.1, 0.15) is 18.1 Å². The van der Waals surface area contributed by atoms with Gasteiger partial charge < -0.3 is 25.4 Å². The van der Waals surface area contributed by atoms with Gasteiger partial charge in [-0.2, -0.15) is 0 Å². The van der Waals surface area contributed by atoms with Gasteiger partial charge in [0.15, 0.2) is 5.96 Å². The lowest BCUT2D eigenvalue weighted by Crippen LogP contribution is -2.39. The van der Waals surface area contributed by atoms with Crippen molar-refractivity contribution in [2.75, 3.05) is 38.2 Å². The summed E-state index contributed by atoms with van der Waals surface area (Å²) in [7, 11) is 0. The Morgan fingerprint density at radius 3 is 2.91 bits per heavy atom. The maximum absolute atomic E-state index is 11.5. The van der Waals surface area contributed by atoms with Crippen LogP contribution in [0.25, 0.3) is 0 Å². The van der Waals surface area contributed by atoms with Crippen LogP contribution in [-0.4, -0.2) is 44.7 Å². The van der Waals surface area contributed by atoms with Gasteiger partial charge in [0.25, 0.3) is 0 Å². The monoisotopic (exact) mass is 550 g/mol. The van der Waals surface area contributed by atoms with E-state index in [1.54, 1.807) is 0 Å². The van der Waals surface area contributed by atoms with E-state index >= 15 is 0 Å². The SMILES string of the molecule is CCNC(=NCCc1ccc2c(c1)CCO2)NCCOc1ccc2c(c1)CCC(=O)N2.I. The highest BCUT2D eigenvalue weighted by Crippen LogP contribution is 2.27. The number of halogens is 1. The standard InChI is InChI=1S/C24H30N4O3.HI/c1-2-25-24(26-11-9-17-3-7-22-19(15-17)10-13-31-22)27-12-14-30-20-5-6-21-18(16-20)4-8-23(29)28-21;/h3,5-7,15-16H,2,4,8-14H2,1H3,(H,28,29)(H2,25,26,27);1H. The van der Waals surface area contributed by atoms with Gasteiger partial charge >= 0.3 is 0 Å². The van der Waals surface area contributed by atoms with Crippen LogP contribution in [0.15, 0.2) is 41.4 Å². The highest BCUT2D eigenvalue weighted by Gasteiger charge is 2.15. The molecular formula is C24H31IN4O3. The molecular weight excluding hydrogens is 519 g/mol. The van der Waals surface area contributed by atoms with E-state index in [1.165, 1.54) is 11.1 Å². The number of guanidine groups is 1. The molecule has 0 saturated heterocycles. The molecule has 172 valence electrons. The highest BCUT2D eigenvalue weighted by molar-refractivity contribution is 14.0. The summed E-state index contributed by atoms with van der Waals surface area (Å²) in [5.41, 5.74) is 4.60. The molecule has 32 heavy (non-hydrogen) atoms. The first-order valence-corrected chi connectivity index (χ1v) is 11.0. The van der Waals surface area contributed by atoms with Gasteiger partial charge in [0, 0.05) is 31.6 Å². The molecule has 4 rings (SSSR count). The maximum Gasteiger partial charge on any atom is 0.224 e. The minimum Gasteiger partial charge on any atom is -0.493 e. The molecule has 0 aliphatic carbocycles. The summed E-state index contributed by atoms with van der Waals surface area (Å²) in [5.74, 6) is 2.71. The molecule has 0 bridgehead atoms. The Balaban J connectivity index is 0.00000289. The largest absolute Gasteiger partial charge is 0.493 e. The molecule has 2 heterocycles. The minimum absolute atomic E-state index is 0. The lowest BCUT2D eigenvalue weighted by atomic mass is 10.0. The number of ether oxygens (including phenoxy) is 2. The predicted octanol–water partition coefficient (Wildman–Crippen LogP) is 3.30. The molecule has 0 fully saturated rings. The van der Waals surface area contributed by atoms with Crippen molar-refractivity contribution < 1.29 is 14.3 Å². The number of anilines is 1. The summed E-state index contributed by atoms with van der Waals surface area (Å²) < 4.78 is 11.4. The number of rotatable bonds is 8. The summed E-state index contributed by atoms with van der Waals surface area (Å²) in [6.45, 7) is 5.54. The average Bonchev–Trinajstić information content (AvgIpc) is 3.24. The van der Waals surface area contributed by atoms with Crippen LogP contribution in [0.1, 0.15) is 30.0 Å². The summed E-state index contributed by atoms with van der Waals surface area (Å²) in [6, 6.07) is 12.2. The molecule has 0 radical (unpaired) electrons. The summed E-state index contributed by atoms with van der Waals surface area (Å²) in [5, 5.41) is 9.49. The quantitative estimate of drug-likeness (QED) is 0.204. The van der Waals surface area contributed by atoms with E-state index in [4.69, 9.17) is 9.47 Å². The zero-order valence-corrected chi connectivity index (χ0v) is 20.7. The van der Waals surface area contributed by atoms with E-state index in [2.05, 4.69) is 46.1 Å². The third kappa shape index (κ3) is 6.51. The topological polar surface area (TPSA) is 84.0 Å². The lowest BCUT2D eigenvalue weighted by Gasteiger charge is -2.18. The second-order valence-corrected chi connectivity index (χ2v) is 7.69. The van der Waals surface area contributed by atoms with E-state index in [0.717, 1.165) is 61.1 Å². The number of nitrogens with zero attached hydrogens (tertiary/aromatic N) is 1. The van der Waals surface area contributed by atoms with Crippen molar-refractivity contribution >= 4 is 41.5 Å². The molecule has 0 saturated carbocycles. The van der Waals surface area contributed by atoms with Crippen molar-refractivity contribution in [3.63, 3.8) is 0 Å². The Hall–Kier alpha value is -2.49. The Morgan fingerprint density at radius 2 is 2.03 bits per heavy atom. The van der Waals surface area contributed by atoms with Gasteiger partial charge in [-0.3, -0.25) is 9.79 Å². The number of aryl methyl sites for hydroxylation is 1. The average molecular weight is 550 g/mol. The molecule has 2 aliphatic heterocycles. The van der Waals surface area contributed by atoms with Crippen molar-refractivity contribution in [1.82, 2.24) is 10.6 Å². The molecule has 0 atom stereocenters. The van der Waals surface area contributed by atoms with Crippen LogP contribution in [0.2, 0.25) is 0 Å². The summed E-state index contributed by atoms with van der Waals surface area (Å²) in [4.78, 5) is 16.1. The molecule has 2 aromatic rings. The number of benzene rings is 2. The third-order valence-electron chi connectivity index (χ3n) is 5.40. The normalized spacial score (nSPS) is 14.4. The number of carbonyl (C=O) groups excluding carboxylic acids is 1. The van der Waals surface area contributed by atoms with E-state index in [-0.39, 0.29) is 29.9 Å². The van der Waals surface area contributed by atoms with Crippen LogP contribution in [0.5, 0.6) is 11.5 Å². The van der Waals surface area contributed by atoms with Gasteiger partial charge in [-0.15, -0.1) is 24.0 Å². The van der Waals surface area contributed by atoms with Crippen LogP contribution in [0.4, 0.5) is 5.69 Å². The lowest BCUT2D eigenvalue weighted by molar-refractivity contribution is -0.116.